The molecule has 20 heavy (non-hydrogen) atoms. The first-order valence-electron chi connectivity index (χ1n) is 6.66. The van der Waals surface area contributed by atoms with Gasteiger partial charge in [-0.3, -0.25) is 4.79 Å². The van der Waals surface area contributed by atoms with Gasteiger partial charge in [-0.2, -0.15) is 13.2 Å². The van der Waals surface area contributed by atoms with Gasteiger partial charge in [-0.1, -0.05) is 32.3 Å². The van der Waals surface area contributed by atoms with Gasteiger partial charge in [0.05, 0.1) is 5.56 Å². The molecule has 0 unspecified atom stereocenters. The van der Waals surface area contributed by atoms with E-state index in [2.05, 4.69) is 0 Å². The lowest BCUT2D eigenvalue weighted by atomic mass is 9.71. The van der Waals surface area contributed by atoms with E-state index < -0.39 is 23.0 Å². The van der Waals surface area contributed by atoms with Crippen LogP contribution in [-0.4, -0.2) is 5.78 Å². The Morgan fingerprint density at radius 1 is 1.15 bits per heavy atom. The van der Waals surface area contributed by atoms with Crippen LogP contribution in [0.3, 0.4) is 0 Å². The van der Waals surface area contributed by atoms with Crippen LogP contribution >= 0.6 is 0 Å². The number of hydrogen-bond acceptors (Lipinski definition) is 1. The van der Waals surface area contributed by atoms with Crippen molar-refractivity contribution in [3.8, 4) is 0 Å². The Hall–Kier alpha value is -1.39. The van der Waals surface area contributed by atoms with E-state index in [1.165, 1.54) is 0 Å². The third kappa shape index (κ3) is 2.86. The zero-order chi connectivity index (χ0) is 15.0. The van der Waals surface area contributed by atoms with Gasteiger partial charge in [-0.05, 0) is 25.0 Å². The Labute approximate surface area is 115 Å². The van der Waals surface area contributed by atoms with Gasteiger partial charge < -0.3 is 0 Å². The average molecular weight is 288 g/mol. The first-order chi connectivity index (χ1) is 9.24. The lowest BCUT2D eigenvalue weighted by Crippen LogP contribution is -2.30. The van der Waals surface area contributed by atoms with Crippen LogP contribution in [0.5, 0.6) is 0 Å². The maximum absolute atomic E-state index is 13.5. The van der Waals surface area contributed by atoms with Gasteiger partial charge in [-0.25, -0.2) is 4.39 Å². The minimum atomic E-state index is -4.74. The summed E-state index contributed by atoms with van der Waals surface area (Å²) in [6.45, 7) is 1.81. The summed E-state index contributed by atoms with van der Waals surface area (Å²) in [5.41, 5.74) is -1.88. The second-order valence-electron chi connectivity index (χ2n) is 5.64. The standard InChI is InChI=1S/C15H16F4O/c1-14(7-3-2-4-8-14)13(20)10-5-6-11(12(16)9-10)15(17,18)19/h5-6,9H,2-4,7-8H2,1H3. The number of alkyl halides is 3. The van der Waals surface area contributed by atoms with Crippen LogP contribution in [0.1, 0.15) is 54.9 Å². The molecule has 1 saturated carbocycles. The smallest absolute Gasteiger partial charge is 0.294 e. The Kier molecular flexibility index (Phi) is 3.89. The summed E-state index contributed by atoms with van der Waals surface area (Å²) < 4.78 is 51.0. The van der Waals surface area contributed by atoms with Gasteiger partial charge in [0.25, 0.3) is 0 Å². The fraction of sp³-hybridized carbons (Fsp3) is 0.533. The SMILES string of the molecule is CC1(C(=O)c2ccc(C(F)(F)F)c(F)c2)CCCCC1. The van der Waals surface area contributed by atoms with Gasteiger partial charge >= 0.3 is 6.18 Å². The van der Waals surface area contributed by atoms with Crippen molar-refractivity contribution in [1.82, 2.24) is 0 Å². The first kappa shape index (κ1) is 15.0. The number of ketones is 1. The zero-order valence-electron chi connectivity index (χ0n) is 11.2. The maximum Gasteiger partial charge on any atom is 0.419 e. The van der Waals surface area contributed by atoms with Crippen molar-refractivity contribution in [1.29, 1.82) is 0 Å². The van der Waals surface area contributed by atoms with Crippen LogP contribution in [0.4, 0.5) is 17.6 Å². The van der Waals surface area contributed by atoms with Crippen molar-refractivity contribution in [2.24, 2.45) is 5.41 Å². The van der Waals surface area contributed by atoms with E-state index in [1.54, 1.807) is 0 Å². The van der Waals surface area contributed by atoms with E-state index in [9.17, 15) is 22.4 Å². The van der Waals surface area contributed by atoms with Crippen LogP contribution in [-0.2, 0) is 6.18 Å². The molecule has 0 radical (unpaired) electrons. The van der Waals surface area contributed by atoms with Crippen molar-refractivity contribution in [3.05, 3.63) is 35.1 Å². The number of benzene rings is 1. The van der Waals surface area contributed by atoms with Crippen LogP contribution in [0, 0.1) is 11.2 Å². The molecule has 1 aromatic carbocycles. The minimum Gasteiger partial charge on any atom is -0.294 e. The highest BCUT2D eigenvalue weighted by molar-refractivity contribution is 6.00. The summed E-state index contributed by atoms with van der Waals surface area (Å²) in [5, 5.41) is 0. The number of carbonyl (C=O) groups excluding carboxylic acids is 1. The van der Waals surface area contributed by atoms with Crippen molar-refractivity contribution < 1.29 is 22.4 Å². The van der Waals surface area contributed by atoms with E-state index in [1.807, 2.05) is 6.92 Å². The quantitative estimate of drug-likeness (QED) is 0.553. The Morgan fingerprint density at radius 3 is 2.25 bits per heavy atom. The largest absolute Gasteiger partial charge is 0.419 e. The fourth-order valence-corrected chi connectivity index (χ4v) is 2.79. The molecule has 0 heterocycles. The molecule has 0 aliphatic heterocycles. The lowest BCUT2D eigenvalue weighted by Gasteiger charge is -2.32. The van der Waals surface area contributed by atoms with Crippen molar-refractivity contribution in [3.63, 3.8) is 0 Å². The molecule has 0 N–H and O–H groups in total. The van der Waals surface area contributed by atoms with Gasteiger partial charge in [0.1, 0.15) is 5.82 Å². The molecule has 1 fully saturated rings. The highest BCUT2D eigenvalue weighted by atomic mass is 19.4. The van der Waals surface area contributed by atoms with E-state index in [-0.39, 0.29) is 11.3 Å². The summed E-state index contributed by atoms with van der Waals surface area (Å²) in [6.07, 6.45) is -0.426. The second-order valence-corrected chi connectivity index (χ2v) is 5.64. The predicted octanol–water partition coefficient (Wildman–Crippen LogP) is 5.00. The first-order valence-corrected chi connectivity index (χ1v) is 6.66. The lowest BCUT2D eigenvalue weighted by molar-refractivity contribution is -0.140. The van der Waals surface area contributed by atoms with Crippen molar-refractivity contribution in [2.45, 2.75) is 45.2 Å². The molecule has 0 bridgehead atoms. The van der Waals surface area contributed by atoms with Gasteiger partial charge in [0, 0.05) is 11.0 Å². The average Bonchev–Trinajstić information content (AvgIpc) is 2.37. The summed E-state index contributed by atoms with van der Waals surface area (Å²) in [7, 11) is 0. The van der Waals surface area contributed by atoms with E-state index in [0.717, 1.165) is 25.3 Å². The molecule has 2 rings (SSSR count). The molecular formula is C15H16F4O. The Bertz CT molecular complexity index is 513. The highest BCUT2D eigenvalue weighted by Gasteiger charge is 2.37. The number of hydrogen-bond donors (Lipinski definition) is 0. The van der Waals surface area contributed by atoms with E-state index >= 15 is 0 Å². The third-order valence-corrected chi connectivity index (χ3v) is 4.04. The van der Waals surface area contributed by atoms with Gasteiger partial charge in [0.2, 0.25) is 0 Å². The summed E-state index contributed by atoms with van der Waals surface area (Å²) in [4.78, 5) is 12.4. The fourth-order valence-electron chi connectivity index (χ4n) is 2.79. The Balaban J connectivity index is 2.30. The number of Topliss-reactive ketones (excluding diaryl/α,β-unsaturated/α-hetero) is 1. The monoisotopic (exact) mass is 288 g/mol. The van der Waals surface area contributed by atoms with Crippen molar-refractivity contribution >= 4 is 5.78 Å². The normalized spacial score (nSPS) is 18.9. The Morgan fingerprint density at radius 2 is 1.75 bits per heavy atom. The molecule has 1 aliphatic rings. The second kappa shape index (κ2) is 5.19. The predicted molar refractivity (Wildman–Crippen MR) is 66.9 cm³/mol. The van der Waals surface area contributed by atoms with Crippen LogP contribution in [0.2, 0.25) is 0 Å². The van der Waals surface area contributed by atoms with Crippen LogP contribution in [0.15, 0.2) is 18.2 Å². The summed E-state index contributed by atoms with van der Waals surface area (Å²) in [6, 6.07) is 2.44. The molecule has 0 atom stereocenters. The van der Waals surface area contributed by atoms with E-state index in [4.69, 9.17) is 0 Å². The number of halogens is 4. The number of carbonyl (C=O) groups is 1. The minimum absolute atomic E-state index is 0.0277. The molecule has 1 aliphatic carbocycles. The van der Waals surface area contributed by atoms with Crippen molar-refractivity contribution in [2.75, 3.05) is 0 Å². The summed E-state index contributed by atoms with van der Waals surface area (Å²) in [5.74, 6) is -1.65. The topological polar surface area (TPSA) is 17.1 Å². The molecule has 1 nitrogen and oxygen atoms in total. The molecule has 0 aromatic heterocycles. The third-order valence-electron chi connectivity index (χ3n) is 4.04. The maximum atomic E-state index is 13.5. The van der Waals surface area contributed by atoms with E-state index in [0.29, 0.717) is 25.0 Å². The highest BCUT2D eigenvalue weighted by Crippen LogP contribution is 2.39. The molecule has 0 spiro atoms. The number of rotatable bonds is 2. The molecule has 0 saturated heterocycles. The van der Waals surface area contributed by atoms with Crippen LogP contribution < -0.4 is 0 Å². The molecule has 5 heteroatoms. The van der Waals surface area contributed by atoms with Gasteiger partial charge in [-0.15, -0.1) is 0 Å². The molecule has 110 valence electrons. The van der Waals surface area contributed by atoms with Crippen LogP contribution in [0.25, 0.3) is 0 Å². The molecule has 1 aromatic rings. The summed E-state index contributed by atoms with van der Waals surface area (Å²) >= 11 is 0. The molecule has 0 amide bonds. The zero-order valence-corrected chi connectivity index (χ0v) is 11.2. The molecular weight excluding hydrogens is 272 g/mol. The van der Waals surface area contributed by atoms with Gasteiger partial charge in [0.15, 0.2) is 5.78 Å².